The van der Waals surface area contributed by atoms with Crippen molar-refractivity contribution in [1.29, 1.82) is 0 Å². The van der Waals surface area contributed by atoms with Crippen LogP contribution in [0.5, 0.6) is 0 Å². The summed E-state index contributed by atoms with van der Waals surface area (Å²) in [4.78, 5) is 32.6. The van der Waals surface area contributed by atoms with Crippen molar-refractivity contribution in [2.24, 2.45) is 0 Å². The number of hydrogen-bond acceptors (Lipinski definition) is 5. The molecule has 2 aliphatic rings. The van der Waals surface area contributed by atoms with Crippen molar-refractivity contribution in [2.45, 2.75) is 58.2 Å². The number of aryl methyl sites for hydroxylation is 1. The van der Waals surface area contributed by atoms with Crippen LogP contribution in [0.15, 0.2) is 16.9 Å². The van der Waals surface area contributed by atoms with E-state index in [4.69, 9.17) is 9.72 Å². The maximum atomic E-state index is 14.9. The van der Waals surface area contributed by atoms with Crippen LogP contribution < -0.4 is 5.56 Å². The molecule has 0 saturated carbocycles. The van der Waals surface area contributed by atoms with E-state index >= 15 is 0 Å². The van der Waals surface area contributed by atoms with Crippen LogP contribution in [0.4, 0.5) is 4.39 Å². The fourth-order valence-corrected chi connectivity index (χ4v) is 5.86. The molecule has 3 heterocycles. The van der Waals surface area contributed by atoms with Crippen LogP contribution in [0, 0.1) is 12.7 Å². The first kappa shape index (κ1) is 22.9. The predicted molar refractivity (Wildman–Crippen MR) is 130 cm³/mol. The molecular formula is C27H30FN3O3. The molecule has 0 spiro atoms. The Morgan fingerprint density at radius 3 is 2.74 bits per heavy atom. The lowest BCUT2D eigenvalue weighted by molar-refractivity contribution is -0.109. The number of ether oxygens (including phenoxy) is 1. The molecule has 0 radical (unpaired) electrons. The fourth-order valence-electron chi connectivity index (χ4n) is 5.86. The van der Waals surface area contributed by atoms with E-state index in [0.29, 0.717) is 46.6 Å². The van der Waals surface area contributed by atoms with Crippen LogP contribution in [-0.4, -0.2) is 41.9 Å². The molecule has 2 unspecified atom stereocenters. The zero-order chi connectivity index (χ0) is 24.3. The van der Waals surface area contributed by atoms with Crippen molar-refractivity contribution in [3.05, 3.63) is 61.7 Å². The molecule has 178 valence electrons. The average molecular weight is 464 g/mol. The number of nitrogens with zero attached hydrogens (tertiary/aromatic N) is 3. The van der Waals surface area contributed by atoms with Gasteiger partial charge in [-0.3, -0.25) is 4.79 Å². The fraction of sp³-hybridized carbons (Fsp3) is 0.444. The Balaban J connectivity index is 1.86. The van der Waals surface area contributed by atoms with Gasteiger partial charge in [0.1, 0.15) is 12.1 Å². The van der Waals surface area contributed by atoms with Crippen LogP contribution in [0.2, 0.25) is 0 Å². The Kier molecular flexibility index (Phi) is 5.65. The summed E-state index contributed by atoms with van der Waals surface area (Å²) in [6, 6.07) is 3.60. The number of rotatable bonds is 6. The van der Waals surface area contributed by atoms with Gasteiger partial charge in [-0.1, -0.05) is 6.92 Å². The number of benzene rings is 1. The predicted octanol–water partition coefficient (Wildman–Crippen LogP) is 4.26. The van der Waals surface area contributed by atoms with Crippen molar-refractivity contribution in [3.63, 3.8) is 0 Å². The molecule has 1 aliphatic heterocycles. The second-order valence-electron chi connectivity index (χ2n) is 9.67. The van der Waals surface area contributed by atoms with Gasteiger partial charge in [0.2, 0.25) is 0 Å². The number of fused-ring (bicyclic) bond motifs is 4. The van der Waals surface area contributed by atoms with Crippen molar-refractivity contribution >= 4 is 17.2 Å². The largest absolute Gasteiger partial charge is 0.380 e. The van der Waals surface area contributed by atoms with Crippen LogP contribution >= 0.6 is 0 Å². The first-order chi connectivity index (χ1) is 16.3. The van der Waals surface area contributed by atoms with Gasteiger partial charge in [-0.05, 0) is 68.6 Å². The summed E-state index contributed by atoms with van der Waals surface area (Å²) in [6.45, 7) is 4.33. The number of aldehydes is 1. The Morgan fingerprint density at radius 2 is 2.09 bits per heavy atom. The van der Waals surface area contributed by atoms with Gasteiger partial charge in [0, 0.05) is 41.6 Å². The Bertz CT molecular complexity index is 1390. The third-order valence-electron chi connectivity index (χ3n) is 7.66. The zero-order valence-electron chi connectivity index (χ0n) is 20.4. The van der Waals surface area contributed by atoms with E-state index < -0.39 is 5.92 Å². The van der Waals surface area contributed by atoms with Gasteiger partial charge in [-0.25, -0.2) is 9.37 Å². The van der Waals surface area contributed by atoms with Gasteiger partial charge in [0.25, 0.3) is 5.56 Å². The van der Waals surface area contributed by atoms with E-state index in [-0.39, 0.29) is 24.0 Å². The zero-order valence-corrected chi connectivity index (χ0v) is 20.4. The smallest absolute Gasteiger partial charge is 0.257 e. The number of hydrogen-bond donors (Lipinski definition) is 0. The lowest BCUT2D eigenvalue weighted by atomic mass is 9.81. The molecular weight excluding hydrogens is 433 g/mol. The van der Waals surface area contributed by atoms with Crippen LogP contribution in [0.1, 0.15) is 65.1 Å². The molecule has 0 bridgehead atoms. The minimum Gasteiger partial charge on any atom is -0.380 e. The summed E-state index contributed by atoms with van der Waals surface area (Å²) in [5.74, 6) is -0.643. The highest BCUT2D eigenvalue weighted by atomic mass is 19.1. The molecule has 0 saturated heterocycles. The Hall–Kier alpha value is -2.90. The molecule has 2 aromatic heterocycles. The number of methoxy groups -OCH3 is 1. The molecule has 0 N–H and O–H groups in total. The van der Waals surface area contributed by atoms with E-state index in [1.54, 1.807) is 11.7 Å². The van der Waals surface area contributed by atoms with E-state index in [2.05, 4.69) is 19.0 Å². The van der Waals surface area contributed by atoms with Gasteiger partial charge >= 0.3 is 0 Å². The van der Waals surface area contributed by atoms with Crippen LogP contribution in [0.25, 0.3) is 22.3 Å². The number of aromatic nitrogens is 2. The first-order valence-electron chi connectivity index (χ1n) is 11.8. The van der Waals surface area contributed by atoms with Crippen molar-refractivity contribution in [1.82, 2.24) is 14.5 Å². The average Bonchev–Trinajstić information content (AvgIpc) is 3.19. The summed E-state index contributed by atoms with van der Waals surface area (Å²) in [7, 11) is 5.67. The van der Waals surface area contributed by atoms with Gasteiger partial charge < -0.3 is 19.0 Å². The summed E-state index contributed by atoms with van der Waals surface area (Å²) in [5, 5.41) is 1.03. The second-order valence-corrected chi connectivity index (χ2v) is 9.67. The SMILES string of the molecule is CCC(C=O)c1cc2n(c(=O)c1COC)Cc1c-2nc2cc(F)c(C)c3c2c1C(N(C)C)CC3. The van der Waals surface area contributed by atoms with Gasteiger partial charge in [0.05, 0.1) is 30.1 Å². The number of carbonyl (C=O) groups is 1. The lowest BCUT2D eigenvalue weighted by Crippen LogP contribution is -2.27. The van der Waals surface area contributed by atoms with E-state index in [1.807, 2.05) is 19.9 Å². The Labute approximate surface area is 198 Å². The van der Waals surface area contributed by atoms with Crippen molar-refractivity contribution in [3.8, 4) is 11.4 Å². The minimum atomic E-state index is -0.396. The molecule has 2 atom stereocenters. The van der Waals surface area contributed by atoms with Gasteiger partial charge in [0.15, 0.2) is 0 Å². The highest BCUT2D eigenvalue weighted by molar-refractivity contribution is 5.93. The second kappa shape index (κ2) is 8.40. The third kappa shape index (κ3) is 3.17. The molecule has 6 nitrogen and oxygen atoms in total. The number of pyridine rings is 2. The summed E-state index contributed by atoms with van der Waals surface area (Å²) < 4.78 is 21.9. The highest BCUT2D eigenvalue weighted by Gasteiger charge is 2.35. The van der Waals surface area contributed by atoms with Gasteiger partial charge in [-0.15, -0.1) is 0 Å². The van der Waals surface area contributed by atoms with Crippen LogP contribution in [0.3, 0.4) is 0 Å². The standard InChI is InChI=1S/C27H30FN3O3/c1-6-15(12-32)17-9-23-26-18(11-31(23)27(33)19(17)13-34-5)25-22(30(3)4)8-7-16-14(2)20(28)10-21(29-26)24(16)25/h9-10,12,15,22H,6-8,11,13H2,1-5H3. The number of carbonyl (C=O) groups excluding carboxylic acids is 1. The normalized spacial score (nSPS) is 17.2. The third-order valence-corrected chi connectivity index (χ3v) is 7.66. The van der Waals surface area contributed by atoms with E-state index in [9.17, 15) is 14.0 Å². The Morgan fingerprint density at radius 1 is 1.32 bits per heavy atom. The molecule has 1 aromatic carbocycles. The molecule has 3 aromatic rings. The number of halogens is 1. The topological polar surface area (TPSA) is 64.4 Å². The molecule has 0 amide bonds. The van der Waals surface area contributed by atoms with E-state index in [1.165, 1.54) is 6.07 Å². The van der Waals surface area contributed by atoms with E-state index in [0.717, 1.165) is 41.2 Å². The summed E-state index contributed by atoms with van der Waals surface area (Å²) in [6.07, 6.45) is 3.15. The highest BCUT2D eigenvalue weighted by Crippen LogP contribution is 2.46. The molecule has 5 rings (SSSR count). The van der Waals surface area contributed by atoms with Crippen molar-refractivity contribution in [2.75, 3.05) is 21.2 Å². The first-order valence-corrected chi connectivity index (χ1v) is 11.8. The maximum absolute atomic E-state index is 14.9. The quantitative estimate of drug-likeness (QED) is 0.400. The minimum absolute atomic E-state index is 0.145. The monoisotopic (exact) mass is 463 g/mol. The molecule has 1 aliphatic carbocycles. The van der Waals surface area contributed by atoms with Crippen molar-refractivity contribution < 1.29 is 13.9 Å². The van der Waals surface area contributed by atoms with Crippen LogP contribution in [-0.2, 0) is 29.1 Å². The van der Waals surface area contributed by atoms with Gasteiger partial charge in [-0.2, -0.15) is 0 Å². The maximum Gasteiger partial charge on any atom is 0.257 e. The summed E-state index contributed by atoms with van der Waals surface area (Å²) >= 11 is 0. The molecule has 0 fully saturated rings. The summed E-state index contributed by atoms with van der Waals surface area (Å²) in [5.41, 5.74) is 6.98. The molecule has 34 heavy (non-hydrogen) atoms. The lowest BCUT2D eigenvalue weighted by Gasteiger charge is -2.33. The molecule has 7 heteroatoms.